The van der Waals surface area contributed by atoms with Crippen LogP contribution < -0.4 is 10.5 Å². The van der Waals surface area contributed by atoms with Crippen molar-refractivity contribution in [3.8, 4) is 0 Å². The minimum absolute atomic E-state index is 0.0669. The first-order valence-electron chi connectivity index (χ1n) is 5.82. The number of aliphatic hydroxyl groups excluding tert-OH is 1. The van der Waals surface area contributed by atoms with Crippen molar-refractivity contribution in [1.82, 2.24) is 4.72 Å². The number of ether oxygens (including phenoxy) is 1. The Hall–Kier alpha value is -1.15. The number of sulfonamides is 1. The monoisotopic (exact) mass is 288 g/mol. The van der Waals surface area contributed by atoms with Crippen molar-refractivity contribution in [2.24, 2.45) is 0 Å². The molecule has 0 aliphatic rings. The molecule has 108 valence electrons. The molecule has 1 aromatic rings. The van der Waals surface area contributed by atoms with Crippen molar-refractivity contribution < 1.29 is 18.3 Å². The molecule has 0 saturated carbocycles. The molecule has 1 aromatic carbocycles. The van der Waals surface area contributed by atoms with Crippen molar-refractivity contribution in [3.63, 3.8) is 0 Å². The molecular formula is C12H20N2O4S. The second-order valence-electron chi connectivity index (χ2n) is 4.39. The topological polar surface area (TPSA) is 102 Å². The van der Waals surface area contributed by atoms with Gasteiger partial charge in [0.25, 0.3) is 0 Å². The van der Waals surface area contributed by atoms with E-state index < -0.39 is 16.1 Å². The molecule has 4 N–H and O–H groups in total. The smallest absolute Gasteiger partial charge is 0.241 e. The number of nitrogens with one attached hydrogen (secondary N) is 1. The fourth-order valence-corrected chi connectivity index (χ4v) is 3.35. The average Bonchev–Trinajstić information content (AvgIpc) is 2.32. The predicted octanol–water partition coefficient (Wildman–Crippen LogP) is 0.171. The number of rotatable bonds is 6. The quantitative estimate of drug-likeness (QED) is 0.648. The van der Waals surface area contributed by atoms with Gasteiger partial charge in [0.1, 0.15) is 0 Å². The molecule has 6 nitrogen and oxygen atoms in total. The van der Waals surface area contributed by atoms with Gasteiger partial charge in [-0.05, 0) is 31.0 Å². The third kappa shape index (κ3) is 3.90. The minimum atomic E-state index is -3.70. The number of nitrogen functional groups attached to an aromatic ring is 1. The molecular weight excluding hydrogens is 268 g/mol. The highest BCUT2D eigenvalue weighted by molar-refractivity contribution is 7.89. The number of nitrogens with two attached hydrogens (primary N) is 1. The number of methoxy groups -OCH3 is 1. The Kier molecular flexibility index (Phi) is 5.30. The van der Waals surface area contributed by atoms with E-state index in [1.807, 2.05) is 0 Å². The van der Waals surface area contributed by atoms with E-state index in [4.69, 9.17) is 10.5 Å². The van der Waals surface area contributed by atoms with E-state index in [9.17, 15) is 13.5 Å². The second-order valence-corrected chi connectivity index (χ2v) is 6.09. The molecule has 1 atom stereocenters. The summed E-state index contributed by atoms with van der Waals surface area (Å²) in [6, 6.07) is 3.33. The predicted molar refractivity (Wildman–Crippen MR) is 73.4 cm³/mol. The Bertz CT molecular complexity index is 543. The fourth-order valence-electron chi connectivity index (χ4n) is 1.79. The summed E-state index contributed by atoms with van der Waals surface area (Å²) >= 11 is 0. The van der Waals surface area contributed by atoms with Crippen molar-refractivity contribution in [3.05, 3.63) is 23.3 Å². The maximum Gasteiger partial charge on any atom is 0.241 e. The molecule has 0 aromatic heterocycles. The van der Waals surface area contributed by atoms with Crippen molar-refractivity contribution >= 4 is 15.7 Å². The Morgan fingerprint density at radius 1 is 1.42 bits per heavy atom. The molecule has 0 aliphatic carbocycles. The van der Waals surface area contributed by atoms with Crippen LogP contribution in [0.1, 0.15) is 11.1 Å². The zero-order valence-electron chi connectivity index (χ0n) is 11.3. The van der Waals surface area contributed by atoms with Gasteiger partial charge in [-0.15, -0.1) is 0 Å². The molecule has 0 heterocycles. The molecule has 1 unspecified atom stereocenters. The lowest BCUT2D eigenvalue weighted by Crippen LogP contribution is -2.35. The molecule has 0 fully saturated rings. The van der Waals surface area contributed by atoms with Crippen molar-refractivity contribution in [1.29, 1.82) is 0 Å². The van der Waals surface area contributed by atoms with E-state index in [0.29, 0.717) is 16.8 Å². The number of aryl methyl sites for hydroxylation is 1. The van der Waals surface area contributed by atoms with E-state index in [1.54, 1.807) is 26.0 Å². The molecule has 7 heteroatoms. The Labute approximate surface area is 113 Å². The normalized spacial score (nSPS) is 13.5. The lowest BCUT2D eigenvalue weighted by atomic mass is 10.1. The third-order valence-electron chi connectivity index (χ3n) is 2.78. The summed E-state index contributed by atoms with van der Waals surface area (Å²) in [7, 11) is -2.27. The zero-order chi connectivity index (χ0) is 14.6. The SMILES string of the molecule is COCC(O)CNS(=O)(=O)c1c(C)ccc(N)c1C. The molecule has 0 spiro atoms. The average molecular weight is 288 g/mol. The van der Waals surface area contributed by atoms with Crippen LogP contribution in [0.15, 0.2) is 17.0 Å². The van der Waals surface area contributed by atoms with Crippen LogP contribution in [-0.2, 0) is 14.8 Å². The Balaban J connectivity index is 2.98. The summed E-state index contributed by atoms with van der Waals surface area (Å²) in [5.74, 6) is 0. The van der Waals surface area contributed by atoms with E-state index in [-0.39, 0.29) is 18.0 Å². The molecule has 0 radical (unpaired) electrons. The number of aliphatic hydroxyl groups is 1. The van der Waals surface area contributed by atoms with Gasteiger partial charge in [-0.2, -0.15) is 0 Å². The van der Waals surface area contributed by atoms with Crippen LogP contribution in [0.5, 0.6) is 0 Å². The highest BCUT2D eigenvalue weighted by Gasteiger charge is 2.21. The van der Waals surface area contributed by atoms with E-state index in [2.05, 4.69) is 4.72 Å². The highest BCUT2D eigenvalue weighted by atomic mass is 32.2. The van der Waals surface area contributed by atoms with Crippen LogP contribution in [0.2, 0.25) is 0 Å². The van der Waals surface area contributed by atoms with Crippen molar-refractivity contribution in [2.75, 3.05) is 26.0 Å². The van der Waals surface area contributed by atoms with E-state index in [0.717, 1.165) is 0 Å². The zero-order valence-corrected chi connectivity index (χ0v) is 12.1. The summed E-state index contributed by atoms with van der Waals surface area (Å²) in [5.41, 5.74) is 7.27. The first kappa shape index (κ1) is 15.9. The lowest BCUT2D eigenvalue weighted by Gasteiger charge is -2.15. The number of hydrogen-bond acceptors (Lipinski definition) is 5. The summed E-state index contributed by atoms with van der Waals surface area (Å²) in [6.07, 6.45) is -0.888. The summed E-state index contributed by atoms with van der Waals surface area (Å²) in [4.78, 5) is 0.164. The highest BCUT2D eigenvalue weighted by Crippen LogP contribution is 2.24. The van der Waals surface area contributed by atoms with Crippen LogP contribution in [0, 0.1) is 13.8 Å². The van der Waals surface area contributed by atoms with E-state index >= 15 is 0 Å². The van der Waals surface area contributed by atoms with Gasteiger partial charge in [0.15, 0.2) is 0 Å². The standard InChI is InChI=1S/C12H20N2O4S/c1-8-4-5-11(13)9(2)12(8)19(16,17)14-6-10(15)7-18-3/h4-5,10,14-15H,6-7,13H2,1-3H3. The molecule has 1 rings (SSSR count). The van der Waals surface area contributed by atoms with Gasteiger partial charge in [0.2, 0.25) is 10.0 Å². The molecule has 0 saturated heterocycles. The van der Waals surface area contributed by atoms with Crippen molar-refractivity contribution in [2.45, 2.75) is 24.8 Å². The molecule has 0 aliphatic heterocycles. The van der Waals surface area contributed by atoms with Gasteiger partial charge >= 0.3 is 0 Å². The fraction of sp³-hybridized carbons (Fsp3) is 0.500. The first-order chi connectivity index (χ1) is 8.79. The van der Waals surface area contributed by atoms with Gasteiger partial charge in [-0.3, -0.25) is 0 Å². The van der Waals surface area contributed by atoms with Gasteiger partial charge in [-0.1, -0.05) is 6.07 Å². The number of benzene rings is 1. The van der Waals surface area contributed by atoms with Crippen LogP contribution in [0.25, 0.3) is 0 Å². The van der Waals surface area contributed by atoms with E-state index in [1.165, 1.54) is 7.11 Å². The van der Waals surface area contributed by atoms with Crippen LogP contribution in [0.4, 0.5) is 5.69 Å². The lowest BCUT2D eigenvalue weighted by molar-refractivity contribution is 0.0679. The second kappa shape index (κ2) is 6.33. The summed E-state index contributed by atoms with van der Waals surface area (Å²) < 4.78 is 31.5. The Morgan fingerprint density at radius 2 is 2.05 bits per heavy atom. The van der Waals surface area contributed by atoms with Crippen LogP contribution in [0.3, 0.4) is 0 Å². The molecule has 0 bridgehead atoms. The third-order valence-corrected chi connectivity index (χ3v) is 4.49. The number of anilines is 1. The first-order valence-corrected chi connectivity index (χ1v) is 7.30. The maximum absolute atomic E-state index is 12.2. The Morgan fingerprint density at radius 3 is 2.63 bits per heavy atom. The largest absolute Gasteiger partial charge is 0.398 e. The number of hydrogen-bond donors (Lipinski definition) is 3. The van der Waals surface area contributed by atoms with Gasteiger partial charge in [-0.25, -0.2) is 13.1 Å². The maximum atomic E-state index is 12.2. The molecule has 19 heavy (non-hydrogen) atoms. The van der Waals surface area contributed by atoms with Crippen LogP contribution >= 0.6 is 0 Å². The summed E-state index contributed by atoms with van der Waals surface area (Å²) in [5, 5.41) is 9.48. The molecule has 0 amide bonds. The van der Waals surface area contributed by atoms with Crippen LogP contribution in [-0.4, -0.2) is 39.9 Å². The summed E-state index contributed by atoms with van der Waals surface area (Å²) in [6.45, 7) is 3.32. The van der Waals surface area contributed by atoms with Gasteiger partial charge in [0.05, 0.1) is 17.6 Å². The minimum Gasteiger partial charge on any atom is -0.398 e. The van der Waals surface area contributed by atoms with Gasteiger partial charge in [0, 0.05) is 19.3 Å². The van der Waals surface area contributed by atoms with Gasteiger partial charge < -0.3 is 15.6 Å².